The van der Waals surface area contributed by atoms with Crippen LogP contribution in [0, 0.1) is 5.41 Å². The van der Waals surface area contributed by atoms with Gasteiger partial charge in [-0.3, -0.25) is 0 Å². The van der Waals surface area contributed by atoms with Crippen molar-refractivity contribution in [1.82, 2.24) is 4.90 Å². The summed E-state index contributed by atoms with van der Waals surface area (Å²) in [5, 5.41) is 2.38. The number of rotatable bonds is 0. The number of carbonyl (C=O) groups is 1. The number of carbonyl (C=O) groups excluding carboxylic acids is 1. The Bertz CT molecular complexity index is 290. The third-order valence-electron chi connectivity index (χ3n) is 3.85. The lowest BCUT2D eigenvalue weighted by Crippen LogP contribution is -2.87. The van der Waals surface area contributed by atoms with Crippen LogP contribution >= 0.6 is 0 Å². The fourth-order valence-corrected chi connectivity index (χ4v) is 2.91. The minimum atomic E-state index is -0.382. The van der Waals surface area contributed by atoms with Crippen molar-refractivity contribution in [3.63, 3.8) is 0 Å². The van der Waals surface area contributed by atoms with E-state index in [4.69, 9.17) is 4.74 Å². The van der Waals surface area contributed by atoms with E-state index in [1.54, 1.807) is 0 Å². The molecule has 4 heteroatoms. The van der Waals surface area contributed by atoms with Crippen LogP contribution in [0.3, 0.4) is 0 Å². The van der Waals surface area contributed by atoms with Gasteiger partial charge in [-0.1, -0.05) is 0 Å². The molecule has 0 atom stereocenters. The molecule has 0 saturated carbocycles. The van der Waals surface area contributed by atoms with Crippen molar-refractivity contribution in [3.8, 4) is 0 Å². The second kappa shape index (κ2) is 4.48. The second-order valence-electron chi connectivity index (χ2n) is 6.52. The maximum absolute atomic E-state index is 12.0. The fourth-order valence-electron chi connectivity index (χ4n) is 2.91. The van der Waals surface area contributed by atoms with Crippen molar-refractivity contribution in [1.29, 1.82) is 0 Å². The smallest absolute Gasteiger partial charge is 0.410 e. The van der Waals surface area contributed by atoms with Gasteiger partial charge in [0.15, 0.2) is 0 Å². The van der Waals surface area contributed by atoms with Crippen LogP contribution in [0.25, 0.3) is 0 Å². The summed E-state index contributed by atoms with van der Waals surface area (Å²) in [6, 6.07) is 0. The summed E-state index contributed by atoms with van der Waals surface area (Å²) >= 11 is 0. The molecule has 1 amide bonds. The van der Waals surface area contributed by atoms with Crippen LogP contribution in [0.1, 0.15) is 40.0 Å². The molecule has 2 rings (SSSR count). The number of amides is 1. The molecule has 2 heterocycles. The standard InChI is InChI=1S/C13H24N2O2/c1-12(2,3)17-11(16)15-9-6-13(10-15)4-7-14-8-5-13/h14H,4-10H2,1-3H3/p+1. The molecule has 0 aromatic rings. The van der Waals surface area contributed by atoms with E-state index in [-0.39, 0.29) is 11.7 Å². The summed E-state index contributed by atoms with van der Waals surface area (Å²) in [6.45, 7) is 9.96. The highest BCUT2D eigenvalue weighted by molar-refractivity contribution is 5.68. The number of nitrogens with two attached hydrogens (primary N) is 1. The van der Waals surface area contributed by atoms with E-state index < -0.39 is 0 Å². The molecule has 0 radical (unpaired) electrons. The van der Waals surface area contributed by atoms with Crippen molar-refractivity contribution >= 4 is 6.09 Å². The van der Waals surface area contributed by atoms with Gasteiger partial charge in [-0.05, 0) is 27.2 Å². The molecule has 2 N–H and O–H groups in total. The molecule has 2 saturated heterocycles. The van der Waals surface area contributed by atoms with Crippen molar-refractivity contribution in [2.24, 2.45) is 5.41 Å². The summed E-state index contributed by atoms with van der Waals surface area (Å²) in [6.07, 6.45) is 3.50. The normalized spacial score (nSPS) is 24.1. The lowest BCUT2D eigenvalue weighted by atomic mass is 9.78. The number of piperidine rings is 1. The Morgan fingerprint density at radius 3 is 2.47 bits per heavy atom. The molecule has 0 aromatic carbocycles. The summed E-state index contributed by atoms with van der Waals surface area (Å²) in [5.74, 6) is 0. The van der Waals surface area contributed by atoms with Gasteiger partial charge in [0, 0.05) is 31.3 Å². The molecule has 0 bridgehead atoms. The summed E-state index contributed by atoms with van der Waals surface area (Å²) in [5.41, 5.74) is 0.0127. The molecule has 0 unspecified atom stereocenters. The first-order valence-corrected chi connectivity index (χ1v) is 6.70. The van der Waals surface area contributed by atoms with Crippen LogP contribution in [-0.2, 0) is 4.74 Å². The van der Waals surface area contributed by atoms with Crippen molar-refractivity contribution < 1.29 is 14.8 Å². The quantitative estimate of drug-likeness (QED) is 0.687. The number of hydrogen-bond acceptors (Lipinski definition) is 2. The predicted molar refractivity (Wildman–Crippen MR) is 65.8 cm³/mol. The van der Waals surface area contributed by atoms with Gasteiger partial charge in [0.25, 0.3) is 0 Å². The number of ether oxygens (including phenoxy) is 1. The number of quaternary nitrogens is 1. The summed E-state index contributed by atoms with van der Waals surface area (Å²) < 4.78 is 5.43. The van der Waals surface area contributed by atoms with Gasteiger partial charge in [-0.2, -0.15) is 0 Å². The average Bonchev–Trinajstić information content (AvgIpc) is 2.61. The Labute approximate surface area is 104 Å². The molecule has 17 heavy (non-hydrogen) atoms. The van der Waals surface area contributed by atoms with E-state index in [0.717, 1.165) is 19.5 Å². The molecular weight excluding hydrogens is 216 g/mol. The van der Waals surface area contributed by atoms with Crippen molar-refractivity contribution in [2.75, 3.05) is 26.2 Å². The average molecular weight is 241 g/mol. The Kier molecular flexibility index (Phi) is 3.34. The van der Waals surface area contributed by atoms with Gasteiger partial charge in [0.1, 0.15) is 5.60 Å². The molecule has 98 valence electrons. The van der Waals surface area contributed by atoms with Gasteiger partial charge in [0.2, 0.25) is 0 Å². The molecule has 4 nitrogen and oxygen atoms in total. The highest BCUT2D eigenvalue weighted by Crippen LogP contribution is 2.37. The molecule has 2 aliphatic rings. The van der Waals surface area contributed by atoms with E-state index in [2.05, 4.69) is 5.32 Å². The molecule has 2 fully saturated rings. The van der Waals surface area contributed by atoms with Crippen molar-refractivity contribution in [2.45, 2.75) is 45.6 Å². The molecule has 2 aliphatic heterocycles. The zero-order chi connectivity index (χ0) is 12.5. The number of nitrogens with zero attached hydrogens (tertiary/aromatic N) is 1. The zero-order valence-electron chi connectivity index (χ0n) is 11.3. The van der Waals surface area contributed by atoms with Gasteiger partial charge < -0.3 is 15.0 Å². The highest BCUT2D eigenvalue weighted by Gasteiger charge is 2.42. The van der Waals surface area contributed by atoms with Crippen LogP contribution in [0.2, 0.25) is 0 Å². The molecule has 1 spiro atoms. The van der Waals surface area contributed by atoms with Gasteiger partial charge in [-0.15, -0.1) is 0 Å². The van der Waals surface area contributed by atoms with E-state index >= 15 is 0 Å². The maximum Gasteiger partial charge on any atom is 0.410 e. The minimum absolute atomic E-state index is 0.135. The first-order valence-electron chi connectivity index (χ1n) is 6.70. The van der Waals surface area contributed by atoms with E-state index in [1.165, 1.54) is 25.9 Å². The SMILES string of the molecule is CC(C)(C)OC(=O)N1CCC2(CC[NH2+]CC2)C1. The zero-order valence-corrected chi connectivity index (χ0v) is 11.3. The lowest BCUT2D eigenvalue weighted by Gasteiger charge is -2.32. The molecular formula is C13H25N2O2+. The largest absolute Gasteiger partial charge is 0.444 e. The van der Waals surface area contributed by atoms with Crippen LogP contribution in [-0.4, -0.2) is 42.8 Å². The predicted octanol–water partition coefficient (Wildman–Crippen LogP) is 0.971. The Morgan fingerprint density at radius 1 is 1.24 bits per heavy atom. The Morgan fingerprint density at radius 2 is 1.88 bits per heavy atom. The second-order valence-corrected chi connectivity index (χ2v) is 6.52. The van der Waals surface area contributed by atoms with Gasteiger partial charge in [0.05, 0.1) is 13.1 Å². The minimum Gasteiger partial charge on any atom is -0.444 e. The first kappa shape index (κ1) is 12.7. The van der Waals surface area contributed by atoms with Gasteiger partial charge in [-0.25, -0.2) is 4.79 Å². The third kappa shape index (κ3) is 3.12. The molecule has 0 aromatic heterocycles. The number of likely N-dealkylation sites (tertiary alicyclic amines) is 1. The highest BCUT2D eigenvalue weighted by atomic mass is 16.6. The summed E-state index contributed by atoms with van der Waals surface area (Å²) in [4.78, 5) is 13.9. The lowest BCUT2D eigenvalue weighted by molar-refractivity contribution is -0.667. The number of hydrogen-bond donors (Lipinski definition) is 1. The Hall–Kier alpha value is -0.770. The fraction of sp³-hybridized carbons (Fsp3) is 0.923. The molecule has 0 aliphatic carbocycles. The van der Waals surface area contributed by atoms with E-state index in [0.29, 0.717) is 5.41 Å². The van der Waals surface area contributed by atoms with Crippen LogP contribution < -0.4 is 5.32 Å². The van der Waals surface area contributed by atoms with E-state index in [9.17, 15) is 4.79 Å². The first-order chi connectivity index (χ1) is 7.90. The van der Waals surface area contributed by atoms with Crippen LogP contribution in [0.15, 0.2) is 0 Å². The third-order valence-corrected chi connectivity index (χ3v) is 3.85. The monoisotopic (exact) mass is 241 g/mol. The maximum atomic E-state index is 12.0. The summed E-state index contributed by atoms with van der Waals surface area (Å²) in [7, 11) is 0. The van der Waals surface area contributed by atoms with Crippen molar-refractivity contribution in [3.05, 3.63) is 0 Å². The van der Waals surface area contributed by atoms with Gasteiger partial charge >= 0.3 is 6.09 Å². The van der Waals surface area contributed by atoms with Crippen LogP contribution in [0.5, 0.6) is 0 Å². The topological polar surface area (TPSA) is 46.1 Å². The Balaban J connectivity index is 1.91. The van der Waals surface area contributed by atoms with Crippen LogP contribution in [0.4, 0.5) is 4.79 Å². The van der Waals surface area contributed by atoms with E-state index in [1.807, 2.05) is 25.7 Å².